The van der Waals surface area contributed by atoms with Crippen LogP contribution in [0.1, 0.15) is 41.4 Å². The zero-order valence-electron chi connectivity index (χ0n) is 15.9. The van der Waals surface area contributed by atoms with Crippen molar-refractivity contribution in [2.75, 3.05) is 6.61 Å². The molecule has 0 aliphatic rings. The highest BCUT2D eigenvalue weighted by atomic mass is 35.5. The van der Waals surface area contributed by atoms with Crippen molar-refractivity contribution in [1.29, 1.82) is 0 Å². The summed E-state index contributed by atoms with van der Waals surface area (Å²) in [6.07, 6.45) is 0. The van der Waals surface area contributed by atoms with Gasteiger partial charge in [-0.05, 0) is 56.7 Å². The molecule has 3 rings (SSSR count). The summed E-state index contributed by atoms with van der Waals surface area (Å²) in [7, 11) is 0. The van der Waals surface area contributed by atoms with Crippen LogP contribution in [0.2, 0.25) is 10.0 Å². The van der Waals surface area contributed by atoms with E-state index in [2.05, 4.69) is 0 Å². The molecule has 8 heteroatoms. The molecule has 0 fully saturated rings. The van der Waals surface area contributed by atoms with Crippen molar-refractivity contribution in [2.45, 2.75) is 26.7 Å². The Morgan fingerprint density at radius 3 is 2.52 bits per heavy atom. The van der Waals surface area contributed by atoms with Gasteiger partial charge >= 0.3 is 5.97 Å². The van der Waals surface area contributed by atoms with E-state index in [1.54, 1.807) is 20.8 Å². The Hall–Kier alpha value is -2.57. The van der Waals surface area contributed by atoms with Gasteiger partial charge in [0, 0.05) is 16.6 Å². The van der Waals surface area contributed by atoms with Crippen molar-refractivity contribution < 1.29 is 23.8 Å². The molecule has 0 amide bonds. The minimum absolute atomic E-state index is 0.00327. The minimum Gasteiger partial charge on any atom is -0.505 e. The molecule has 0 radical (unpaired) electrons. The van der Waals surface area contributed by atoms with Gasteiger partial charge in [0.25, 0.3) is 5.91 Å². The predicted octanol–water partition coefficient (Wildman–Crippen LogP) is 5.46. The first-order valence-electron chi connectivity index (χ1n) is 8.87. The lowest BCUT2D eigenvalue weighted by atomic mass is 9.97. The lowest BCUT2D eigenvalue weighted by molar-refractivity contribution is -0.144. The number of halogens is 3. The lowest BCUT2D eigenvalue weighted by Gasteiger charge is -2.12. The average Bonchev–Trinajstić information content (AvgIpc) is 2.98. The summed E-state index contributed by atoms with van der Waals surface area (Å²) in [5.41, 5.74) is 1.10. The number of rotatable bonds is 4. The number of ether oxygens (including phenoxy) is 1. The fraction of sp³-hybridized carbons (Fsp3) is 0.238. The van der Waals surface area contributed by atoms with Crippen LogP contribution in [0, 0.1) is 12.7 Å². The van der Waals surface area contributed by atoms with Crippen LogP contribution in [0.25, 0.3) is 10.9 Å². The number of aromatic hydroxyl groups is 1. The van der Waals surface area contributed by atoms with Crippen LogP contribution in [0.4, 0.5) is 4.39 Å². The van der Waals surface area contributed by atoms with E-state index in [1.165, 1.54) is 28.8 Å². The van der Waals surface area contributed by atoms with Crippen LogP contribution in [0.5, 0.6) is 5.75 Å². The molecular formula is C21H18Cl2FNO4. The number of carbonyl (C=O) groups excluding carboxylic acids is 2. The summed E-state index contributed by atoms with van der Waals surface area (Å²) in [4.78, 5) is 25.6. The monoisotopic (exact) mass is 437 g/mol. The summed E-state index contributed by atoms with van der Waals surface area (Å²) in [6.45, 7) is 5.01. The van der Waals surface area contributed by atoms with Crippen LogP contribution in [0.3, 0.4) is 0 Å². The van der Waals surface area contributed by atoms with Crippen molar-refractivity contribution in [3.63, 3.8) is 0 Å². The van der Waals surface area contributed by atoms with Gasteiger partial charge in [0.15, 0.2) is 11.6 Å². The summed E-state index contributed by atoms with van der Waals surface area (Å²) in [6, 6.07) is 7.01. The van der Waals surface area contributed by atoms with Gasteiger partial charge in [-0.2, -0.15) is 0 Å². The minimum atomic E-state index is -0.905. The molecule has 0 bridgehead atoms. The highest BCUT2D eigenvalue weighted by Crippen LogP contribution is 2.37. The Labute approximate surface area is 176 Å². The number of nitrogens with zero attached hydrogens (tertiary/aromatic N) is 1. The van der Waals surface area contributed by atoms with Crippen LogP contribution in [-0.4, -0.2) is 28.2 Å². The maximum Gasteiger partial charge on any atom is 0.313 e. The molecule has 0 aliphatic carbocycles. The number of phenolic OH excluding ortho intramolecular Hbond substituents is 1. The van der Waals surface area contributed by atoms with Crippen molar-refractivity contribution in [3.8, 4) is 5.75 Å². The fourth-order valence-electron chi connectivity index (χ4n) is 3.41. The van der Waals surface area contributed by atoms with E-state index < -0.39 is 29.4 Å². The first-order chi connectivity index (χ1) is 13.7. The average molecular weight is 438 g/mol. The molecule has 3 aromatic rings. The summed E-state index contributed by atoms with van der Waals surface area (Å²) in [5, 5.41) is 10.4. The quantitative estimate of drug-likeness (QED) is 0.550. The van der Waals surface area contributed by atoms with Crippen LogP contribution in [0.15, 0.2) is 30.3 Å². The lowest BCUT2D eigenvalue weighted by Crippen LogP contribution is -2.16. The second-order valence-electron chi connectivity index (χ2n) is 6.54. The van der Waals surface area contributed by atoms with Crippen molar-refractivity contribution >= 4 is 46.0 Å². The van der Waals surface area contributed by atoms with E-state index in [-0.39, 0.29) is 33.7 Å². The Kier molecular flexibility index (Phi) is 5.87. The molecule has 1 atom stereocenters. The number of aromatic nitrogens is 1. The first kappa shape index (κ1) is 21.1. The topological polar surface area (TPSA) is 68.5 Å². The third-order valence-corrected chi connectivity index (χ3v) is 5.52. The molecule has 1 heterocycles. The largest absolute Gasteiger partial charge is 0.505 e. The molecule has 0 saturated carbocycles. The maximum atomic E-state index is 14.9. The number of hydrogen-bond acceptors (Lipinski definition) is 4. The number of carbonyl (C=O) groups is 2. The van der Waals surface area contributed by atoms with Crippen LogP contribution >= 0.6 is 23.2 Å². The second-order valence-corrected chi connectivity index (χ2v) is 7.35. The molecule has 1 N–H and O–H groups in total. The molecule has 0 saturated heterocycles. The second kappa shape index (κ2) is 8.05. The molecule has 0 spiro atoms. The third-order valence-electron chi connectivity index (χ3n) is 4.78. The molecule has 0 aliphatic heterocycles. The molecule has 2 aromatic carbocycles. The summed E-state index contributed by atoms with van der Waals surface area (Å²) in [5.74, 6) is -3.36. The Morgan fingerprint density at radius 2 is 1.90 bits per heavy atom. The number of phenols is 1. The Bertz CT molecular complexity index is 1140. The highest BCUT2D eigenvalue weighted by Gasteiger charge is 2.30. The van der Waals surface area contributed by atoms with Gasteiger partial charge in [0.2, 0.25) is 0 Å². The smallest absolute Gasteiger partial charge is 0.313 e. The van der Waals surface area contributed by atoms with Gasteiger partial charge in [-0.1, -0.05) is 23.2 Å². The fourth-order valence-corrected chi connectivity index (χ4v) is 3.71. The molecule has 29 heavy (non-hydrogen) atoms. The van der Waals surface area contributed by atoms with E-state index in [1.807, 2.05) is 0 Å². The number of fused-ring (bicyclic) bond motifs is 1. The number of hydrogen-bond donors (Lipinski definition) is 1. The van der Waals surface area contributed by atoms with Crippen LogP contribution < -0.4 is 0 Å². The van der Waals surface area contributed by atoms with Crippen molar-refractivity contribution in [3.05, 3.63) is 63.0 Å². The molecule has 5 nitrogen and oxygen atoms in total. The standard InChI is InChI=1S/C21H18Cl2FNO4/c1-4-29-21(28)10(2)17-11(3)25(15-7-8-16(26)19(24)18(15)17)20(27)12-5-6-13(22)14(23)9-12/h5-10,26H,4H2,1-3H3. The van der Waals surface area contributed by atoms with Gasteiger partial charge in [0.1, 0.15) is 0 Å². The molecule has 1 unspecified atom stereocenters. The number of benzene rings is 2. The van der Waals surface area contributed by atoms with E-state index in [0.717, 1.165) is 6.07 Å². The first-order valence-corrected chi connectivity index (χ1v) is 9.63. The van der Waals surface area contributed by atoms with E-state index in [9.17, 15) is 19.1 Å². The van der Waals surface area contributed by atoms with Gasteiger partial charge in [0.05, 0.1) is 28.1 Å². The van der Waals surface area contributed by atoms with Gasteiger partial charge in [-0.3, -0.25) is 14.2 Å². The zero-order valence-corrected chi connectivity index (χ0v) is 17.4. The van der Waals surface area contributed by atoms with Crippen LogP contribution in [-0.2, 0) is 9.53 Å². The maximum absolute atomic E-state index is 14.9. The molecule has 152 valence electrons. The third kappa shape index (κ3) is 3.58. The van der Waals surface area contributed by atoms with E-state index in [0.29, 0.717) is 10.7 Å². The highest BCUT2D eigenvalue weighted by molar-refractivity contribution is 6.42. The van der Waals surface area contributed by atoms with Crippen molar-refractivity contribution in [1.82, 2.24) is 4.57 Å². The van der Waals surface area contributed by atoms with Gasteiger partial charge in [-0.15, -0.1) is 0 Å². The zero-order chi connectivity index (χ0) is 21.5. The van der Waals surface area contributed by atoms with Gasteiger partial charge < -0.3 is 9.84 Å². The summed E-state index contributed by atoms with van der Waals surface area (Å²) >= 11 is 12.0. The van der Waals surface area contributed by atoms with E-state index in [4.69, 9.17) is 27.9 Å². The summed E-state index contributed by atoms with van der Waals surface area (Å²) < 4.78 is 21.2. The SMILES string of the molecule is CCOC(=O)C(C)c1c(C)n(C(=O)c2ccc(Cl)c(Cl)c2)c2ccc(O)c(F)c12. The van der Waals surface area contributed by atoms with Crippen molar-refractivity contribution in [2.24, 2.45) is 0 Å². The molecular weight excluding hydrogens is 420 g/mol. The normalized spacial score (nSPS) is 12.2. The molecule has 1 aromatic heterocycles. The number of esters is 1. The van der Waals surface area contributed by atoms with Gasteiger partial charge in [-0.25, -0.2) is 4.39 Å². The Morgan fingerprint density at radius 1 is 1.21 bits per heavy atom. The Balaban J connectivity index is 2.29. The van der Waals surface area contributed by atoms with E-state index >= 15 is 0 Å². The predicted molar refractivity (Wildman–Crippen MR) is 110 cm³/mol.